The summed E-state index contributed by atoms with van der Waals surface area (Å²) in [5.41, 5.74) is 1.32. The molecule has 2 aromatic carbocycles. The summed E-state index contributed by atoms with van der Waals surface area (Å²) >= 11 is 3.38. The van der Waals surface area contributed by atoms with Crippen molar-refractivity contribution in [1.29, 1.82) is 0 Å². The number of sulfonamides is 1. The van der Waals surface area contributed by atoms with Gasteiger partial charge in [0.05, 0.1) is 11.9 Å². The maximum atomic E-state index is 13.5. The summed E-state index contributed by atoms with van der Waals surface area (Å²) in [4.78, 5) is 39.6. The third-order valence-corrected chi connectivity index (χ3v) is 7.32. The van der Waals surface area contributed by atoms with Gasteiger partial charge in [0.25, 0.3) is 0 Å². The van der Waals surface area contributed by atoms with E-state index in [1.54, 1.807) is 19.1 Å². The van der Waals surface area contributed by atoms with Crippen LogP contribution in [0.2, 0.25) is 0 Å². The second kappa shape index (κ2) is 12.3. The number of halogens is 1. The van der Waals surface area contributed by atoms with Crippen molar-refractivity contribution in [3.8, 4) is 0 Å². The van der Waals surface area contributed by atoms with Crippen molar-refractivity contribution in [1.82, 2.24) is 10.2 Å². The number of hydrogen-bond donors (Lipinski definition) is 1. The molecule has 2 amide bonds. The molecule has 0 radical (unpaired) electrons. The van der Waals surface area contributed by atoms with Crippen LogP contribution in [0.3, 0.4) is 0 Å². The number of amides is 2. The molecule has 0 heterocycles. The Morgan fingerprint density at radius 3 is 2.23 bits per heavy atom. The number of carbonyl (C=O) groups is 3. The SMILES string of the molecule is CC[C@@H](C)NC(=O)[C@H](C)N(Cc1ccc(Br)cc1)C(=O)CN(c1cccc(C(C)=O)c1)S(C)(=O)=O. The first kappa shape index (κ1) is 28.5. The normalized spacial score (nSPS) is 13.0. The average Bonchev–Trinajstić information content (AvgIpc) is 2.80. The predicted molar refractivity (Wildman–Crippen MR) is 141 cm³/mol. The maximum absolute atomic E-state index is 13.5. The molecule has 2 aromatic rings. The smallest absolute Gasteiger partial charge is 0.244 e. The highest BCUT2D eigenvalue weighted by Crippen LogP contribution is 2.21. The second-order valence-corrected chi connectivity index (χ2v) is 11.3. The van der Waals surface area contributed by atoms with E-state index in [-0.39, 0.29) is 30.0 Å². The highest BCUT2D eigenvalue weighted by molar-refractivity contribution is 9.10. The largest absolute Gasteiger partial charge is 0.352 e. The van der Waals surface area contributed by atoms with Crippen molar-refractivity contribution in [3.05, 3.63) is 64.1 Å². The summed E-state index contributed by atoms with van der Waals surface area (Å²) in [5.74, 6) is -1.09. The van der Waals surface area contributed by atoms with Gasteiger partial charge in [-0.2, -0.15) is 0 Å². The first-order valence-corrected chi connectivity index (χ1v) is 13.9. The van der Waals surface area contributed by atoms with Crippen LogP contribution in [0.4, 0.5) is 5.69 Å². The number of hydrogen-bond acceptors (Lipinski definition) is 5. The zero-order valence-corrected chi connectivity index (χ0v) is 23.0. The number of rotatable bonds is 11. The third-order valence-electron chi connectivity index (χ3n) is 5.65. The fraction of sp³-hybridized carbons (Fsp3) is 0.400. The van der Waals surface area contributed by atoms with Gasteiger partial charge in [-0.25, -0.2) is 8.42 Å². The van der Waals surface area contributed by atoms with E-state index in [0.717, 1.165) is 27.0 Å². The summed E-state index contributed by atoms with van der Waals surface area (Å²) in [7, 11) is -3.87. The van der Waals surface area contributed by atoms with Crippen molar-refractivity contribution >= 4 is 49.2 Å². The lowest BCUT2D eigenvalue weighted by atomic mass is 10.1. The van der Waals surface area contributed by atoms with Crippen molar-refractivity contribution in [2.24, 2.45) is 0 Å². The number of Topliss-reactive ketones (excluding diaryl/α,β-unsaturated/α-hetero) is 1. The minimum atomic E-state index is -3.87. The molecule has 0 bridgehead atoms. The fourth-order valence-electron chi connectivity index (χ4n) is 3.33. The van der Waals surface area contributed by atoms with Gasteiger partial charge < -0.3 is 10.2 Å². The van der Waals surface area contributed by atoms with Crippen molar-refractivity contribution in [2.45, 2.75) is 52.7 Å². The molecule has 0 spiro atoms. The molecule has 190 valence electrons. The van der Waals surface area contributed by atoms with Crippen LogP contribution in [0.1, 0.15) is 50.0 Å². The standard InChI is InChI=1S/C25H32BrN3O5S/c1-6-17(2)27-25(32)18(3)28(15-20-10-12-22(26)13-11-20)24(31)16-29(35(5,33)34)23-9-7-8-21(14-23)19(4)30/h7-14,17-18H,6,15-16H2,1-5H3,(H,27,32)/t17-,18+/m1/s1. The molecule has 0 unspecified atom stereocenters. The Labute approximate surface area is 215 Å². The van der Waals surface area contributed by atoms with E-state index in [2.05, 4.69) is 21.2 Å². The van der Waals surface area contributed by atoms with Crippen LogP contribution in [0.15, 0.2) is 53.0 Å². The molecule has 2 rings (SSSR count). The molecule has 0 saturated heterocycles. The van der Waals surface area contributed by atoms with Gasteiger partial charge in [-0.15, -0.1) is 0 Å². The molecule has 0 fully saturated rings. The van der Waals surface area contributed by atoms with Gasteiger partial charge in [0, 0.05) is 22.6 Å². The molecular weight excluding hydrogens is 534 g/mol. The van der Waals surface area contributed by atoms with Crippen LogP contribution in [-0.4, -0.2) is 55.8 Å². The average molecular weight is 567 g/mol. The molecule has 0 aromatic heterocycles. The van der Waals surface area contributed by atoms with Gasteiger partial charge >= 0.3 is 0 Å². The van der Waals surface area contributed by atoms with Crippen LogP contribution < -0.4 is 9.62 Å². The Morgan fingerprint density at radius 1 is 1.06 bits per heavy atom. The highest BCUT2D eigenvalue weighted by Gasteiger charge is 2.30. The highest BCUT2D eigenvalue weighted by atomic mass is 79.9. The Morgan fingerprint density at radius 2 is 1.69 bits per heavy atom. The Bertz CT molecular complexity index is 1170. The Kier molecular flexibility index (Phi) is 10.0. The summed E-state index contributed by atoms with van der Waals surface area (Å²) in [6.07, 6.45) is 1.73. The fourth-order valence-corrected chi connectivity index (χ4v) is 4.43. The molecular formula is C25H32BrN3O5S. The number of ketones is 1. The zero-order chi connectivity index (χ0) is 26.3. The van der Waals surface area contributed by atoms with Crippen molar-refractivity contribution < 1.29 is 22.8 Å². The molecule has 0 aliphatic heterocycles. The van der Waals surface area contributed by atoms with E-state index in [1.165, 1.54) is 24.0 Å². The number of nitrogens with zero attached hydrogens (tertiary/aromatic N) is 2. The summed E-state index contributed by atoms with van der Waals surface area (Å²) in [5, 5.41) is 2.89. The first-order valence-electron chi connectivity index (χ1n) is 11.3. The Balaban J connectivity index is 2.41. The van der Waals surface area contributed by atoms with Crippen LogP contribution >= 0.6 is 15.9 Å². The molecule has 1 N–H and O–H groups in total. The molecule has 8 nitrogen and oxygen atoms in total. The van der Waals surface area contributed by atoms with E-state index in [0.29, 0.717) is 5.56 Å². The summed E-state index contributed by atoms with van der Waals surface area (Å²) < 4.78 is 27.1. The third kappa shape index (κ3) is 8.17. The minimum absolute atomic E-state index is 0.0728. The van der Waals surface area contributed by atoms with E-state index < -0.39 is 28.5 Å². The molecule has 0 saturated carbocycles. The van der Waals surface area contributed by atoms with Crippen LogP contribution in [0, 0.1) is 0 Å². The van der Waals surface area contributed by atoms with E-state index in [4.69, 9.17) is 0 Å². The van der Waals surface area contributed by atoms with E-state index >= 15 is 0 Å². The van der Waals surface area contributed by atoms with Gasteiger partial charge in [0.2, 0.25) is 21.8 Å². The second-order valence-electron chi connectivity index (χ2n) is 8.52. The van der Waals surface area contributed by atoms with Gasteiger partial charge in [-0.1, -0.05) is 47.1 Å². The maximum Gasteiger partial charge on any atom is 0.244 e. The van der Waals surface area contributed by atoms with Crippen LogP contribution in [-0.2, 0) is 26.2 Å². The van der Waals surface area contributed by atoms with Crippen molar-refractivity contribution in [2.75, 3.05) is 17.1 Å². The quantitative estimate of drug-likeness (QED) is 0.418. The number of carbonyl (C=O) groups excluding carboxylic acids is 3. The zero-order valence-electron chi connectivity index (χ0n) is 20.6. The summed E-state index contributed by atoms with van der Waals surface area (Å²) in [6.45, 7) is 6.42. The topological polar surface area (TPSA) is 104 Å². The van der Waals surface area contributed by atoms with E-state index in [9.17, 15) is 22.8 Å². The van der Waals surface area contributed by atoms with Crippen LogP contribution in [0.25, 0.3) is 0 Å². The predicted octanol–water partition coefficient (Wildman–Crippen LogP) is 3.75. The number of nitrogens with one attached hydrogen (secondary N) is 1. The lowest BCUT2D eigenvalue weighted by Gasteiger charge is -2.32. The van der Waals surface area contributed by atoms with Crippen molar-refractivity contribution in [3.63, 3.8) is 0 Å². The van der Waals surface area contributed by atoms with Gasteiger partial charge in [0.15, 0.2) is 5.78 Å². The monoisotopic (exact) mass is 565 g/mol. The van der Waals surface area contributed by atoms with E-state index in [1.807, 2.05) is 38.1 Å². The molecule has 35 heavy (non-hydrogen) atoms. The number of anilines is 1. The Hall–Kier alpha value is -2.72. The first-order chi connectivity index (χ1) is 16.3. The molecule has 0 aliphatic carbocycles. The molecule has 0 aliphatic rings. The van der Waals surface area contributed by atoms with Gasteiger partial charge in [0.1, 0.15) is 12.6 Å². The van der Waals surface area contributed by atoms with Gasteiger partial charge in [-0.3, -0.25) is 18.7 Å². The number of benzene rings is 2. The molecule has 2 atom stereocenters. The lowest BCUT2D eigenvalue weighted by molar-refractivity contribution is -0.139. The lowest BCUT2D eigenvalue weighted by Crippen LogP contribution is -2.52. The molecule has 10 heteroatoms. The minimum Gasteiger partial charge on any atom is -0.352 e. The summed E-state index contributed by atoms with van der Waals surface area (Å²) in [6, 6.07) is 12.5. The van der Waals surface area contributed by atoms with Gasteiger partial charge in [-0.05, 0) is 57.0 Å². The van der Waals surface area contributed by atoms with Crippen LogP contribution in [0.5, 0.6) is 0 Å².